The van der Waals surface area contributed by atoms with Gasteiger partial charge in [0.15, 0.2) is 0 Å². The Hall–Kier alpha value is -0.790. The van der Waals surface area contributed by atoms with Gasteiger partial charge in [-0.1, -0.05) is 19.9 Å². The van der Waals surface area contributed by atoms with Crippen molar-refractivity contribution in [3.8, 4) is 0 Å². The van der Waals surface area contributed by atoms with Crippen LogP contribution in [0.1, 0.15) is 39.5 Å². The third kappa shape index (κ3) is 3.17. The summed E-state index contributed by atoms with van der Waals surface area (Å²) in [6.07, 6.45) is 6.57. The molecule has 0 aromatic heterocycles. The Morgan fingerprint density at radius 1 is 1.64 bits per heavy atom. The maximum atomic E-state index is 11.3. The van der Waals surface area contributed by atoms with Gasteiger partial charge in [-0.3, -0.25) is 0 Å². The van der Waals surface area contributed by atoms with Crippen molar-refractivity contribution in [3.63, 3.8) is 0 Å². The molecule has 1 aliphatic carbocycles. The van der Waals surface area contributed by atoms with Crippen molar-refractivity contribution in [1.82, 2.24) is 0 Å². The summed E-state index contributed by atoms with van der Waals surface area (Å²) < 4.78 is 5.29. The summed E-state index contributed by atoms with van der Waals surface area (Å²) in [6.45, 7) is 7.44. The standard InChI is InChI=1S/C12H19O2/c1-4-10-6-5-7-11(8-10)14-12(13)9(2)3/h7,10-11H,2,4-6,8H2,1,3H3. The number of carbonyl (C=O) groups excluding carboxylic acids is 1. The molecule has 79 valence electrons. The van der Waals surface area contributed by atoms with Gasteiger partial charge in [0.25, 0.3) is 0 Å². The fourth-order valence-electron chi connectivity index (χ4n) is 1.77. The first-order chi connectivity index (χ1) is 6.63. The maximum absolute atomic E-state index is 11.3. The Balaban J connectivity index is 2.37. The average Bonchev–Trinajstić information content (AvgIpc) is 2.18. The van der Waals surface area contributed by atoms with E-state index < -0.39 is 0 Å². The summed E-state index contributed by atoms with van der Waals surface area (Å²) in [5, 5.41) is 0. The molecule has 2 nitrogen and oxygen atoms in total. The van der Waals surface area contributed by atoms with Crippen LogP contribution in [0.3, 0.4) is 0 Å². The quantitative estimate of drug-likeness (QED) is 0.511. The zero-order chi connectivity index (χ0) is 10.6. The lowest BCUT2D eigenvalue weighted by Gasteiger charge is -2.27. The molecule has 1 radical (unpaired) electrons. The lowest BCUT2D eigenvalue weighted by molar-refractivity contribution is -0.144. The van der Waals surface area contributed by atoms with Crippen LogP contribution in [0, 0.1) is 12.3 Å². The van der Waals surface area contributed by atoms with Gasteiger partial charge in [0, 0.05) is 12.0 Å². The predicted octanol–water partition coefficient (Wildman–Crippen LogP) is 2.89. The number of ether oxygens (including phenoxy) is 1. The fourth-order valence-corrected chi connectivity index (χ4v) is 1.77. The van der Waals surface area contributed by atoms with Crippen LogP contribution in [0.4, 0.5) is 0 Å². The summed E-state index contributed by atoms with van der Waals surface area (Å²) in [5.74, 6) is 0.450. The lowest BCUT2D eigenvalue weighted by Crippen LogP contribution is -2.26. The van der Waals surface area contributed by atoms with Crippen molar-refractivity contribution in [2.75, 3.05) is 0 Å². The minimum atomic E-state index is -0.261. The molecule has 0 heterocycles. The van der Waals surface area contributed by atoms with Crippen molar-refractivity contribution in [2.45, 2.75) is 45.6 Å². The molecule has 1 aliphatic rings. The molecule has 2 unspecified atom stereocenters. The first-order valence-corrected chi connectivity index (χ1v) is 5.33. The molecule has 0 aliphatic heterocycles. The number of hydrogen-bond acceptors (Lipinski definition) is 2. The van der Waals surface area contributed by atoms with Crippen LogP contribution in [0.2, 0.25) is 0 Å². The van der Waals surface area contributed by atoms with Gasteiger partial charge in [-0.25, -0.2) is 4.79 Å². The topological polar surface area (TPSA) is 26.3 Å². The van der Waals surface area contributed by atoms with Gasteiger partial charge >= 0.3 is 5.97 Å². The van der Waals surface area contributed by atoms with E-state index in [2.05, 4.69) is 19.9 Å². The lowest BCUT2D eigenvalue weighted by atomic mass is 9.85. The second-order valence-electron chi connectivity index (χ2n) is 4.05. The van der Waals surface area contributed by atoms with E-state index in [0.29, 0.717) is 11.5 Å². The smallest absolute Gasteiger partial charge is 0.333 e. The maximum Gasteiger partial charge on any atom is 0.333 e. The highest BCUT2D eigenvalue weighted by atomic mass is 16.5. The second-order valence-corrected chi connectivity index (χ2v) is 4.05. The second kappa shape index (κ2) is 5.18. The molecule has 0 spiro atoms. The molecule has 0 aromatic carbocycles. The van der Waals surface area contributed by atoms with Crippen molar-refractivity contribution >= 4 is 5.97 Å². The largest absolute Gasteiger partial charge is 0.459 e. The fraction of sp³-hybridized carbons (Fsp3) is 0.667. The molecule has 1 rings (SSSR count). The summed E-state index contributed by atoms with van der Waals surface area (Å²) in [7, 11) is 0. The Morgan fingerprint density at radius 3 is 2.93 bits per heavy atom. The zero-order valence-electron chi connectivity index (χ0n) is 9.08. The number of carbonyl (C=O) groups is 1. The number of esters is 1. The molecule has 0 amide bonds. The van der Waals surface area contributed by atoms with Crippen LogP contribution in [-0.2, 0) is 9.53 Å². The molecule has 2 heteroatoms. The van der Waals surface area contributed by atoms with E-state index in [-0.39, 0.29) is 12.1 Å². The molecule has 14 heavy (non-hydrogen) atoms. The highest BCUT2D eigenvalue weighted by Gasteiger charge is 2.23. The Labute approximate surface area is 86.3 Å². The first-order valence-electron chi connectivity index (χ1n) is 5.33. The van der Waals surface area contributed by atoms with Crippen molar-refractivity contribution in [3.05, 3.63) is 18.6 Å². The van der Waals surface area contributed by atoms with Gasteiger partial charge in [0.2, 0.25) is 0 Å². The van der Waals surface area contributed by atoms with E-state index in [1.165, 1.54) is 12.8 Å². The van der Waals surface area contributed by atoms with Gasteiger partial charge in [0.05, 0.1) is 0 Å². The summed E-state index contributed by atoms with van der Waals surface area (Å²) >= 11 is 0. The molecule has 0 saturated heterocycles. The SMILES string of the molecule is C=C(C)C(=O)OC1[CH]CCC(CC)C1. The minimum absolute atomic E-state index is 0.0119. The van der Waals surface area contributed by atoms with E-state index in [4.69, 9.17) is 4.74 Å². The van der Waals surface area contributed by atoms with Gasteiger partial charge in [0.1, 0.15) is 6.10 Å². The molecular formula is C12H19O2. The Kier molecular flexibility index (Phi) is 4.18. The van der Waals surface area contributed by atoms with Crippen LogP contribution in [0.15, 0.2) is 12.2 Å². The summed E-state index contributed by atoms with van der Waals surface area (Å²) in [4.78, 5) is 11.3. The first kappa shape index (κ1) is 11.3. The normalized spacial score (nSPS) is 27.0. The van der Waals surface area contributed by atoms with Crippen molar-refractivity contribution in [1.29, 1.82) is 0 Å². The number of hydrogen-bond donors (Lipinski definition) is 0. The van der Waals surface area contributed by atoms with Crippen molar-refractivity contribution < 1.29 is 9.53 Å². The molecule has 0 aromatic rings. The Morgan fingerprint density at radius 2 is 2.36 bits per heavy atom. The molecule has 0 bridgehead atoms. The van der Waals surface area contributed by atoms with Gasteiger partial charge < -0.3 is 4.74 Å². The van der Waals surface area contributed by atoms with E-state index in [1.54, 1.807) is 6.92 Å². The third-order valence-corrected chi connectivity index (χ3v) is 2.75. The van der Waals surface area contributed by atoms with Crippen LogP contribution < -0.4 is 0 Å². The van der Waals surface area contributed by atoms with Gasteiger partial charge in [-0.2, -0.15) is 0 Å². The summed E-state index contributed by atoms with van der Waals surface area (Å²) in [6, 6.07) is 0. The van der Waals surface area contributed by atoms with Gasteiger partial charge in [-0.15, -0.1) is 0 Å². The van der Waals surface area contributed by atoms with Gasteiger partial charge in [-0.05, 0) is 32.1 Å². The average molecular weight is 195 g/mol. The predicted molar refractivity (Wildman–Crippen MR) is 56.6 cm³/mol. The van der Waals surface area contributed by atoms with E-state index >= 15 is 0 Å². The highest BCUT2D eigenvalue weighted by molar-refractivity contribution is 5.87. The minimum Gasteiger partial charge on any atom is -0.459 e. The summed E-state index contributed by atoms with van der Waals surface area (Å²) in [5.41, 5.74) is 0.483. The van der Waals surface area contributed by atoms with Crippen LogP contribution in [0.25, 0.3) is 0 Å². The Bertz CT molecular complexity index is 220. The van der Waals surface area contributed by atoms with Crippen molar-refractivity contribution in [2.24, 2.45) is 5.92 Å². The van der Waals surface area contributed by atoms with Crippen LogP contribution in [0.5, 0.6) is 0 Å². The monoisotopic (exact) mass is 195 g/mol. The molecule has 2 atom stereocenters. The highest BCUT2D eigenvalue weighted by Crippen LogP contribution is 2.28. The molecule has 1 fully saturated rings. The molecular weight excluding hydrogens is 176 g/mol. The number of rotatable bonds is 3. The van der Waals surface area contributed by atoms with E-state index in [9.17, 15) is 4.79 Å². The van der Waals surface area contributed by atoms with E-state index in [1.807, 2.05) is 0 Å². The van der Waals surface area contributed by atoms with Crippen LogP contribution >= 0.6 is 0 Å². The zero-order valence-corrected chi connectivity index (χ0v) is 9.08. The molecule has 0 N–H and O–H groups in total. The van der Waals surface area contributed by atoms with Crippen LogP contribution in [-0.4, -0.2) is 12.1 Å². The third-order valence-electron chi connectivity index (χ3n) is 2.75. The molecule has 1 saturated carbocycles. The van der Waals surface area contributed by atoms with E-state index in [0.717, 1.165) is 12.8 Å².